The van der Waals surface area contributed by atoms with Gasteiger partial charge in [-0.3, -0.25) is 4.79 Å². The molecule has 2 unspecified atom stereocenters. The normalized spacial score (nSPS) is 16.2. The number of methoxy groups -OCH3 is 2. The first kappa shape index (κ1) is 14.8. The molecule has 17 heavy (non-hydrogen) atoms. The molecule has 3 nitrogen and oxygen atoms in total. The van der Waals surface area contributed by atoms with Gasteiger partial charge in [0.2, 0.25) is 0 Å². The number of alkyl halides is 2. The van der Waals surface area contributed by atoms with Crippen LogP contribution in [0.5, 0.6) is 0 Å². The molecule has 0 N–H and O–H groups in total. The van der Waals surface area contributed by atoms with E-state index in [1.807, 2.05) is 18.2 Å². The van der Waals surface area contributed by atoms with Crippen molar-refractivity contribution in [1.29, 1.82) is 0 Å². The van der Waals surface area contributed by atoms with Crippen molar-refractivity contribution < 1.29 is 14.3 Å². The molecule has 0 radical (unpaired) electrons. The Balaban J connectivity index is 2.89. The molecule has 5 heteroatoms. The fourth-order valence-corrected chi connectivity index (χ4v) is 2.40. The summed E-state index contributed by atoms with van der Waals surface area (Å²) in [6, 6.07) is 9.06. The summed E-state index contributed by atoms with van der Waals surface area (Å²) in [6.45, 7) is 0.262. The maximum absolute atomic E-state index is 12.2. The van der Waals surface area contributed by atoms with E-state index in [2.05, 4.69) is 31.9 Å². The Labute approximate surface area is 118 Å². The lowest BCUT2D eigenvalue weighted by atomic mass is 10.1. The van der Waals surface area contributed by atoms with Crippen molar-refractivity contribution in [2.24, 2.45) is 0 Å². The zero-order chi connectivity index (χ0) is 12.9. The maximum Gasteiger partial charge on any atom is 0.180 e. The van der Waals surface area contributed by atoms with Crippen LogP contribution in [0, 0.1) is 0 Å². The van der Waals surface area contributed by atoms with Crippen molar-refractivity contribution in [1.82, 2.24) is 0 Å². The predicted molar refractivity (Wildman–Crippen MR) is 74.0 cm³/mol. The lowest BCUT2D eigenvalue weighted by Crippen LogP contribution is -2.43. The number of hydrogen-bond donors (Lipinski definition) is 0. The van der Waals surface area contributed by atoms with E-state index in [9.17, 15) is 4.79 Å². The molecule has 0 aromatic heterocycles. The third-order valence-electron chi connectivity index (χ3n) is 2.35. The molecule has 94 valence electrons. The Morgan fingerprint density at radius 3 is 2.41 bits per heavy atom. The Morgan fingerprint density at radius 2 is 1.94 bits per heavy atom. The van der Waals surface area contributed by atoms with E-state index in [0.717, 1.165) is 0 Å². The topological polar surface area (TPSA) is 35.5 Å². The van der Waals surface area contributed by atoms with Crippen LogP contribution in [0.2, 0.25) is 0 Å². The van der Waals surface area contributed by atoms with Crippen LogP contribution < -0.4 is 0 Å². The number of rotatable bonds is 6. The van der Waals surface area contributed by atoms with Gasteiger partial charge in [-0.1, -0.05) is 46.3 Å². The molecule has 1 aromatic carbocycles. The second-order valence-corrected chi connectivity index (χ2v) is 5.77. The molecule has 0 aliphatic carbocycles. The first-order valence-electron chi connectivity index (χ1n) is 5.01. The van der Waals surface area contributed by atoms with Crippen LogP contribution in [0.1, 0.15) is 10.4 Å². The highest BCUT2D eigenvalue weighted by Crippen LogP contribution is 2.31. The second-order valence-electron chi connectivity index (χ2n) is 3.52. The summed E-state index contributed by atoms with van der Waals surface area (Å²) >= 11 is 6.76. The number of carbonyl (C=O) groups is 1. The van der Waals surface area contributed by atoms with Crippen molar-refractivity contribution >= 4 is 37.6 Å². The molecular formula is C12H14Br2O3. The van der Waals surface area contributed by atoms with E-state index in [-0.39, 0.29) is 12.4 Å². The van der Waals surface area contributed by atoms with Crippen LogP contribution in [0.4, 0.5) is 0 Å². The molecule has 0 heterocycles. The lowest BCUT2D eigenvalue weighted by molar-refractivity contribution is 0.00961. The summed E-state index contributed by atoms with van der Waals surface area (Å²) < 4.78 is 9.49. The van der Waals surface area contributed by atoms with Crippen LogP contribution in [0.25, 0.3) is 0 Å². The van der Waals surface area contributed by atoms with Crippen LogP contribution in [-0.4, -0.2) is 35.9 Å². The summed E-state index contributed by atoms with van der Waals surface area (Å²) in [6.07, 6.45) is 0. The maximum atomic E-state index is 12.2. The van der Waals surface area contributed by atoms with Gasteiger partial charge in [-0.05, 0) is 15.9 Å². The number of ether oxygens (including phenoxy) is 2. The number of halogens is 2. The highest BCUT2D eigenvalue weighted by atomic mass is 79.9. The van der Waals surface area contributed by atoms with Crippen molar-refractivity contribution in [3.8, 4) is 0 Å². The zero-order valence-electron chi connectivity index (χ0n) is 9.65. The van der Waals surface area contributed by atoms with Gasteiger partial charge in [-0.2, -0.15) is 0 Å². The van der Waals surface area contributed by atoms with Crippen LogP contribution in [-0.2, 0) is 9.47 Å². The Kier molecular flexibility index (Phi) is 5.79. The minimum Gasteiger partial charge on any atom is -0.381 e. The van der Waals surface area contributed by atoms with Crippen LogP contribution >= 0.6 is 31.9 Å². The summed E-state index contributed by atoms with van der Waals surface area (Å²) in [5.74, 6) is -0.0543. The largest absolute Gasteiger partial charge is 0.381 e. The standard InChI is InChI=1S/C12H14Br2O3/c1-16-8-12(14,17-2)11(13)10(15)9-6-4-3-5-7-9/h3-7,11H,8H2,1-2H3. The molecule has 0 fully saturated rings. The Morgan fingerprint density at radius 1 is 1.35 bits per heavy atom. The monoisotopic (exact) mass is 364 g/mol. The van der Waals surface area contributed by atoms with E-state index < -0.39 is 9.34 Å². The predicted octanol–water partition coefficient (Wildman–Crippen LogP) is 3.02. The molecule has 1 rings (SSSR count). The lowest BCUT2D eigenvalue weighted by Gasteiger charge is -2.29. The number of hydrogen-bond acceptors (Lipinski definition) is 3. The van der Waals surface area contributed by atoms with Crippen molar-refractivity contribution in [2.75, 3.05) is 20.8 Å². The fourth-order valence-electron chi connectivity index (χ4n) is 1.38. The van der Waals surface area contributed by atoms with Gasteiger partial charge < -0.3 is 9.47 Å². The van der Waals surface area contributed by atoms with Gasteiger partial charge in [0.15, 0.2) is 10.3 Å². The highest BCUT2D eigenvalue weighted by Gasteiger charge is 2.40. The summed E-state index contributed by atoms with van der Waals surface area (Å²) in [4.78, 5) is 11.7. The number of benzene rings is 1. The fraction of sp³-hybridized carbons (Fsp3) is 0.417. The van der Waals surface area contributed by atoms with E-state index in [1.54, 1.807) is 19.2 Å². The number of ketones is 1. The molecule has 2 atom stereocenters. The molecule has 0 aliphatic heterocycles. The minimum absolute atomic E-state index is 0.0543. The SMILES string of the molecule is COCC(Br)(OC)C(Br)C(=O)c1ccccc1. The van der Waals surface area contributed by atoms with Gasteiger partial charge in [0.05, 0.1) is 6.61 Å². The Bertz CT molecular complexity index is 369. The number of carbonyl (C=O) groups excluding carboxylic acids is 1. The molecule has 0 bridgehead atoms. The van der Waals surface area contributed by atoms with Crippen molar-refractivity contribution in [3.63, 3.8) is 0 Å². The average molecular weight is 366 g/mol. The molecule has 1 aromatic rings. The average Bonchev–Trinajstić information content (AvgIpc) is 2.38. The van der Waals surface area contributed by atoms with Gasteiger partial charge in [0, 0.05) is 19.8 Å². The zero-order valence-corrected chi connectivity index (χ0v) is 12.8. The molecular weight excluding hydrogens is 352 g/mol. The third-order valence-corrected chi connectivity index (χ3v) is 5.13. The van der Waals surface area contributed by atoms with Gasteiger partial charge in [0.1, 0.15) is 4.83 Å². The van der Waals surface area contributed by atoms with Crippen LogP contribution in [0.15, 0.2) is 30.3 Å². The smallest absolute Gasteiger partial charge is 0.180 e. The molecule has 0 aliphatic rings. The molecule has 0 saturated carbocycles. The second kappa shape index (κ2) is 6.64. The van der Waals surface area contributed by atoms with E-state index in [4.69, 9.17) is 9.47 Å². The van der Waals surface area contributed by atoms with Gasteiger partial charge in [0.25, 0.3) is 0 Å². The van der Waals surface area contributed by atoms with Gasteiger partial charge in [-0.25, -0.2) is 0 Å². The number of Topliss-reactive ketones (excluding diaryl/α,β-unsaturated/α-hetero) is 1. The first-order valence-corrected chi connectivity index (χ1v) is 6.72. The molecule has 0 amide bonds. The quantitative estimate of drug-likeness (QED) is 0.574. The highest BCUT2D eigenvalue weighted by molar-refractivity contribution is 9.12. The summed E-state index contributed by atoms with van der Waals surface area (Å²) in [7, 11) is 3.09. The van der Waals surface area contributed by atoms with E-state index in [1.165, 1.54) is 7.11 Å². The van der Waals surface area contributed by atoms with Gasteiger partial charge in [-0.15, -0.1) is 0 Å². The van der Waals surface area contributed by atoms with E-state index in [0.29, 0.717) is 5.56 Å². The molecule has 0 spiro atoms. The minimum atomic E-state index is -0.866. The van der Waals surface area contributed by atoms with E-state index >= 15 is 0 Å². The summed E-state index contributed by atoms with van der Waals surface area (Å²) in [5.41, 5.74) is 0.631. The van der Waals surface area contributed by atoms with Crippen molar-refractivity contribution in [3.05, 3.63) is 35.9 Å². The third kappa shape index (κ3) is 3.61. The molecule has 0 saturated heterocycles. The Hall–Kier alpha value is -0.230. The van der Waals surface area contributed by atoms with Crippen LogP contribution in [0.3, 0.4) is 0 Å². The van der Waals surface area contributed by atoms with Crippen molar-refractivity contribution in [2.45, 2.75) is 9.34 Å². The summed E-state index contributed by atoms with van der Waals surface area (Å²) in [5, 5.41) is 0. The first-order chi connectivity index (χ1) is 8.05. The van der Waals surface area contributed by atoms with Gasteiger partial charge >= 0.3 is 0 Å².